The average Bonchev–Trinajstić information content (AvgIpc) is 2.55. The second-order valence-corrected chi connectivity index (χ2v) is 3.03. The summed E-state index contributed by atoms with van der Waals surface area (Å²) in [4.78, 5) is 15.1. The molecule has 0 unspecified atom stereocenters. The Morgan fingerprint density at radius 3 is 3.07 bits per heavy atom. The van der Waals surface area contributed by atoms with Crippen molar-refractivity contribution in [1.29, 1.82) is 0 Å². The van der Waals surface area contributed by atoms with E-state index in [2.05, 4.69) is 9.72 Å². The van der Waals surface area contributed by atoms with Crippen molar-refractivity contribution in [3.05, 3.63) is 29.1 Å². The maximum absolute atomic E-state index is 11.1. The lowest BCUT2D eigenvalue weighted by Crippen LogP contribution is -2.00. The highest BCUT2D eigenvalue weighted by Crippen LogP contribution is 2.21. The van der Waals surface area contributed by atoms with E-state index in [1.807, 2.05) is 0 Å². The molecular formula is C9H6ClNO3. The average molecular weight is 212 g/mol. The van der Waals surface area contributed by atoms with Crippen LogP contribution in [0.4, 0.5) is 0 Å². The van der Waals surface area contributed by atoms with Gasteiger partial charge in [0.1, 0.15) is 0 Å². The first-order chi connectivity index (χ1) is 6.70. The number of halogens is 1. The molecule has 5 heteroatoms. The zero-order valence-corrected chi connectivity index (χ0v) is 8.04. The summed E-state index contributed by atoms with van der Waals surface area (Å²) in [7, 11) is 1.31. The molecule has 2 rings (SSSR count). The summed E-state index contributed by atoms with van der Waals surface area (Å²) in [5.41, 5.74) is 0.778. The topological polar surface area (TPSA) is 52.3 Å². The third-order valence-corrected chi connectivity index (χ3v) is 1.95. The summed E-state index contributed by atoms with van der Waals surface area (Å²) >= 11 is 5.63. The summed E-state index contributed by atoms with van der Waals surface area (Å²) < 4.78 is 9.59. The van der Waals surface area contributed by atoms with Crippen molar-refractivity contribution >= 4 is 28.7 Å². The number of hydrogen-bond acceptors (Lipinski definition) is 4. The van der Waals surface area contributed by atoms with Crippen LogP contribution in [0.1, 0.15) is 10.4 Å². The maximum atomic E-state index is 11.1. The van der Waals surface area contributed by atoms with Crippen LogP contribution in [0, 0.1) is 0 Å². The molecule has 0 radical (unpaired) electrons. The van der Waals surface area contributed by atoms with E-state index in [-0.39, 0.29) is 5.22 Å². The van der Waals surface area contributed by atoms with Crippen molar-refractivity contribution < 1.29 is 13.9 Å². The Kier molecular flexibility index (Phi) is 2.13. The van der Waals surface area contributed by atoms with Gasteiger partial charge in [0.15, 0.2) is 5.22 Å². The van der Waals surface area contributed by atoms with E-state index in [9.17, 15) is 4.79 Å². The minimum atomic E-state index is -0.434. The lowest BCUT2D eigenvalue weighted by atomic mass is 10.2. The normalized spacial score (nSPS) is 10.4. The molecule has 0 saturated heterocycles. The molecule has 0 amide bonds. The van der Waals surface area contributed by atoms with Gasteiger partial charge in [0.05, 0.1) is 12.7 Å². The minimum absolute atomic E-state index is 0.245. The summed E-state index contributed by atoms with van der Waals surface area (Å²) in [5.74, 6) is -0.434. The van der Waals surface area contributed by atoms with Crippen molar-refractivity contribution in [2.45, 2.75) is 0 Å². The molecule has 0 bridgehead atoms. The molecule has 0 aliphatic heterocycles. The molecule has 14 heavy (non-hydrogen) atoms. The lowest BCUT2D eigenvalue weighted by molar-refractivity contribution is 0.0600. The first-order valence-electron chi connectivity index (χ1n) is 3.84. The van der Waals surface area contributed by atoms with E-state index in [1.54, 1.807) is 12.1 Å². The summed E-state index contributed by atoms with van der Waals surface area (Å²) in [6, 6.07) is 3.21. The van der Waals surface area contributed by atoms with Crippen LogP contribution < -0.4 is 0 Å². The number of methoxy groups -OCH3 is 1. The van der Waals surface area contributed by atoms with Crippen molar-refractivity contribution in [3.8, 4) is 0 Å². The first kappa shape index (κ1) is 9.02. The molecule has 2 heterocycles. The smallest absolute Gasteiger partial charge is 0.339 e. The number of ether oxygens (including phenoxy) is 1. The molecule has 4 nitrogen and oxygen atoms in total. The molecule has 2 aromatic rings. The van der Waals surface area contributed by atoms with Crippen LogP contribution in [0.2, 0.25) is 5.22 Å². The predicted molar refractivity (Wildman–Crippen MR) is 50.4 cm³/mol. The molecule has 0 atom stereocenters. The zero-order chi connectivity index (χ0) is 10.1. The number of nitrogens with zero attached hydrogens (tertiary/aromatic N) is 1. The molecule has 0 fully saturated rings. The van der Waals surface area contributed by atoms with Gasteiger partial charge in [-0.05, 0) is 17.7 Å². The van der Waals surface area contributed by atoms with Crippen LogP contribution in [0.5, 0.6) is 0 Å². The van der Waals surface area contributed by atoms with Gasteiger partial charge in [-0.3, -0.25) is 0 Å². The Morgan fingerprint density at radius 1 is 1.57 bits per heavy atom. The fraction of sp³-hybridized carbons (Fsp3) is 0.111. The SMILES string of the molecule is COC(=O)c1cnc2oc(Cl)cc2c1. The standard InChI is InChI=1S/C9H6ClNO3/c1-13-9(12)6-2-5-3-7(10)14-8(5)11-4-6/h2-4H,1H3. The van der Waals surface area contributed by atoms with Crippen LogP contribution in [-0.2, 0) is 4.74 Å². The highest BCUT2D eigenvalue weighted by atomic mass is 35.5. The summed E-state index contributed by atoms with van der Waals surface area (Å²) in [5, 5.41) is 0.924. The number of rotatable bonds is 1. The zero-order valence-electron chi connectivity index (χ0n) is 7.28. The van der Waals surface area contributed by atoms with Crippen molar-refractivity contribution in [2.24, 2.45) is 0 Å². The van der Waals surface area contributed by atoms with E-state index in [0.29, 0.717) is 16.7 Å². The van der Waals surface area contributed by atoms with Crippen LogP contribution >= 0.6 is 11.6 Å². The second kappa shape index (κ2) is 3.31. The Balaban J connectivity index is 2.55. The Bertz CT molecular complexity index is 492. The van der Waals surface area contributed by atoms with E-state index < -0.39 is 5.97 Å². The minimum Gasteiger partial charge on any atom is -0.465 e. The maximum Gasteiger partial charge on any atom is 0.339 e. The third kappa shape index (κ3) is 1.44. The summed E-state index contributed by atoms with van der Waals surface area (Å²) in [6.45, 7) is 0. The molecule has 0 spiro atoms. The van der Waals surface area contributed by atoms with Crippen molar-refractivity contribution in [3.63, 3.8) is 0 Å². The third-order valence-electron chi connectivity index (χ3n) is 1.76. The fourth-order valence-electron chi connectivity index (χ4n) is 1.13. The van der Waals surface area contributed by atoms with Crippen LogP contribution in [0.3, 0.4) is 0 Å². The molecule has 72 valence electrons. The Morgan fingerprint density at radius 2 is 2.36 bits per heavy atom. The first-order valence-corrected chi connectivity index (χ1v) is 4.22. The van der Waals surface area contributed by atoms with Gasteiger partial charge in [-0.2, -0.15) is 0 Å². The molecule has 0 N–H and O–H groups in total. The molecule has 0 saturated carbocycles. The van der Waals surface area contributed by atoms with Gasteiger partial charge in [0.2, 0.25) is 5.71 Å². The highest BCUT2D eigenvalue weighted by Gasteiger charge is 2.09. The quantitative estimate of drug-likeness (QED) is 0.679. The van der Waals surface area contributed by atoms with Crippen molar-refractivity contribution in [2.75, 3.05) is 7.11 Å². The second-order valence-electron chi connectivity index (χ2n) is 2.66. The number of aromatic nitrogens is 1. The number of carbonyl (C=O) groups excluding carboxylic acids is 1. The molecule has 0 aliphatic carbocycles. The van der Waals surface area contributed by atoms with Crippen LogP contribution in [0.25, 0.3) is 11.1 Å². The number of carbonyl (C=O) groups is 1. The van der Waals surface area contributed by atoms with Gasteiger partial charge in [-0.15, -0.1) is 0 Å². The summed E-state index contributed by atoms with van der Waals surface area (Å²) in [6.07, 6.45) is 1.38. The number of furan rings is 1. The monoisotopic (exact) mass is 211 g/mol. The number of pyridine rings is 1. The van der Waals surface area contributed by atoms with Crippen LogP contribution in [-0.4, -0.2) is 18.1 Å². The number of esters is 1. The Hall–Kier alpha value is -1.55. The predicted octanol–water partition coefficient (Wildman–Crippen LogP) is 2.27. The van der Waals surface area contributed by atoms with Crippen LogP contribution in [0.15, 0.2) is 22.7 Å². The molecular weight excluding hydrogens is 206 g/mol. The fourth-order valence-corrected chi connectivity index (χ4v) is 1.32. The lowest BCUT2D eigenvalue weighted by Gasteiger charge is -1.96. The Labute approximate surface area is 84.4 Å². The molecule has 2 aromatic heterocycles. The van der Waals surface area contributed by atoms with E-state index in [1.165, 1.54) is 13.3 Å². The van der Waals surface area contributed by atoms with Gasteiger partial charge < -0.3 is 9.15 Å². The van der Waals surface area contributed by atoms with E-state index >= 15 is 0 Å². The molecule has 0 aliphatic rings. The van der Waals surface area contributed by atoms with Gasteiger partial charge in [0.25, 0.3) is 0 Å². The largest absolute Gasteiger partial charge is 0.465 e. The van der Waals surface area contributed by atoms with Gasteiger partial charge >= 0.3 is 5.97 Å². The van der Waals surface area contributed by atoms with Crippen molar-refractivity contribution in [1.82, 2.24) is 4.98 Å². The van der Waals surface area contributed by atoms with E-state index in [0.717, 1.165) is 0 Å². The molecule has 0 aromatic carbocycles. The number of fused-ring (bicyclic) bond motifs is 1. The highest BCUT2D eigenvalue weighted by molar-refractivity contribution is 6.29. The van der Waals surface area contributed by atoms with Gasteiger partial charge in [-0.25, -0.2) is 9.78 Å². The number of hydrogen-bond donors (Lipinski definition) is 0. The van der Waals surface area contributed by atoms with Gasteiger partial charge in [0, 0.05) is 17.6 Å². The van der Waals surface area contributed by atoms with E-state index in [4.69, 9.17) is 16.0 Å². The van der Waals surface area contributed by atoms with Gasteiger partial charge in [-0.1, -0.05) is 0 Å².